The summed E-state index contributed by atoms with van der Waals surface area (Å²) in [5, 5.41) is 6.40. The van der Waals surface area contributed by atoms with E-state index in [-0.39, 0.29) is 17.5 Å². The number of carbonyl (C=O) groups is 1. The molecule has 1 N–H and O–H groups in total. The van der Waals surface area contributed by atoms with Crippen molar-refractivity contribution in [3.05, 3.63) is 57.5 Å². The highest BCUT2D eigenvalue weighted by molar-refractivity contribution is 5.73. The molecule has 0 saturated carbocycles. The highest BCUT2D eigenvalue weighted by atomic mass is 16.2. The fourth-order valence-corrected chi connectivity index (χ4v) is 3.04. The van der Waals surface area contributed by atoms with Gasteiger partial charge in [0.1, 0.15) is 0 Å². The average Bonchev–Trinajstić information content (AvgIpc) is 2.88. The molecular formula is C17H20N4O2. The van der Waals surface area contributed by atoms with Crippen LogP contribution in [-0.4, -0.2) is 34.6 Å². The van der Waals surface area contributed by atoms with Gasteiger partial charge < -0.3 is 9.80 Å². The Bertz CT molecular complexity index is 799. The van der Waals surface area contributed by atoms with E-state index < -0.39 is 0 Å². The maximum atomic E-state index is 11.9. The Hall–Kier alpha value is -2.63. The molecule has 0 spiro atoms. The monoisotopic (exact) mass is 312 g/mol. The van der Waals surface area contributed by atoms with Gasteiger partial charge in [-0.2, -0.15) is 5.10 Å². The molecule has 1 amide bonds. The van der Waals surface area contributed by atoms with E-state index in [1.165, 1.54) is 11.1 Å². The normalized spacial score (nSPS) is 16.3. The number of aromatic amines is 1. The number of benzene rings is 1. The van der Waals surface area contributed by atoms with Crippen molar-refractivity contribution in [2.45, 2.75) is 26.4 Å². The van der Waals surface area contributed by atoms with Crippen LogP contribution in [0.4, 0.5) is 5.69 Å². The zero-order chi connectivity index (χ0) is 16.6. The van der Waals surface area contributed by atoms with E-state index in [9.17, 15) is 9.59 Å². The standard InChI is InChI=1S/C17H20N4O2/c1-11-15(8-18-19-17(11)23)21-9-13-6-4-5-7-14(13)16(21)10-20(3)12(2)22/h4-8,16H,9-10H2,1-3H3,(H,19,23). The van der Waals surface area contributed by atoms with Crippen LogP contribution in [-0.2, 0) is 11.3 Å². The third-order valence-corrected chi connectivity index (χ3v) is 4.50. The van der Waals surface area contributed by atoms with Crippen LogP contribution in [0.1, 0.15) is 29.7 Å². The highest BCUT2D eigenvalue weighted by Gasteiger charge is 2.32. The van der Waals surface area contributed by atoms with Gasteiger partial charge in [0.2, 0.25) is 5.91 Å². The Balaban J connectivity index is 2.04. The summed E-state index contributed by atoms with van der Waals surface area (Å²) in [6.07, 6.45) is 1.68. The van der Waals surface area contributed by atoms with Gasteiger partial charge in [-0.3, -0.25) is 9.59 Å². The summed E-state index contributed by atoms with van der Waals surface area (Å²) in [7, 11) is 1.80. The summed E-state index contributed by atoms with van der Waals surface area (Å²) in [5.74, 6) is 0.0232. The zero-order valence-corrected chi connectivity index (χ0v) is 13.5. The minimum Gasteiger partial charge on any atom is -0.357 e. The van der Waals surface area contributed by atoms with Crippen molar-refractivity contribution in [1.29, 1.82) is 0 Å². The molecule has 1 atom stereocenters. The van der Waals surface area contributed by atoms with E-state index >= 15 is 0 Å². The number of nitrogens with one attached hydrogen (secondary N) is 1. The van der Waals surface area contributed by atoms with Gasteiger partial charge >= 0.3 is 0 Å². The molecule has 0 aliphatic carbocycles. The van der Waals surface area contributed by atoms with Crippen LogP contribution in [0.15, 0.2) is 35.3 Å². The van der Waals surface area contributed by atoms with Gasteiger partial charge in [-0.25, -0.2) is 5.10 Å². The fourth-order valence-electron chi connectivity index (χ4n) is 3.04. The van der Waals surface area contributed by atoms with Gasteiger partial charge in [-0.15, -0.1) is 0 Å². The molecule has 0 saturated heterocycles. The molecule has 1 aliphatic rings. The lowest BCUT2D eigenvalue weighted by Gasteiger charge is -2.31. The number of rotatable bonds is 3. The molecule has 3 rings (SSSR count). The second-order valence-corrected chi connectivity index (χ2v) is 5.95. The third-order valence-electron chi connectivity index (χ3n) is 4.50. The molecule has 2 aromatic rings. The lowest BCUT2D eigenvalue weighted by atomic mass is 10.0. The molecular weight excluding hydrogens is 292 g/mol. The van der Waals surface area contributed by atoms with Crippen LogP contribution >= 0.6 is 0 Å². The number of likely N-dealkylation sites (N-methyl/N-ethyl adjacent to an activating group) is 1. The van der Waals surface area contributed by atoms with Crippen molar-refractivity contribution in [3.8, 4) is 0 Å². The maximum Gasteiger partial charge on any atom is 0.269 e. The number of amides is 1. The summed E-state index contributed by atoms with van der Waals surface area (Å²) in [5.41, 5.74) is 3.68. The van der Waals surface area contributed by atoms with Gasteiger partial charge in [0.05, 0.1) is 17.9 Å². The lowest BCUT2D eigenvalue weighted by Crippen LogP contribution is -2.36. The Labute approximate surface area is 134 Å². The van der Waals surface area contributed by atoms with Gasteiger partial charge in [-0.1, -0.05) is 24.3 Å². The molecule has 1 aromatic carbocycles. The molecule has 1 unspecified atom stereocenters. The van der Waals surface area contributed by atoms with Crippen LogP contribution in [0.25, 0.3) is 0 Å². The van der Waals surface area contributed by atoms with Gasteiger partial charge in [0.25, 0.3) is 5.56 Å². The number of nitrogens with zero attached hydrogens (tertiary/aromatic N) is 3. The number of carbonyl (C=O) groups excluding carboxylic acids is 1. The van der Waals surface area contributed by atoms with Gasteiger partial charge in [0, 0.05) is 32.6 Å². The number of anilines is 1. The predicted molar refractivity (Wildman–Crippen MR) is 88.3 cm³/mol. The third kappa shape index (κ3) is 2.72. The molecule has 23 heavy (non-hydrogen) atoms. The lowest BCUT2D eigenvalue weighted by molar-refractivity contribution is -0.127. The number of hydrogen-bond acceptors (Lipinski definition) is 4. The predicted octanol–water partition coefficient (Wildman–Crippen LogP) is 1.62. The van der Waals surface area contributed by atoms with E-state index in [1.54, 1.807) is 32.0 Å². The minimum absolute atomic E-state index is 0.0161. The van der Waals surface area contributed by atoms with Crippen molar-refractivity contribution in [1.82, 2.24) is 15.1 Å². The molecule has 0 bridgehead atoms. The van der Waals surface area contributed by atoms with E-state index in [4.69, 9.17) is 0 Å². The van der Waals surface area contributed by atoms with Crippen molar-refractivity contribution in [3.63, 3.8) is 0 Å². The molecule has 2 heterocycles. The maximum absolute atomic E-state index is 11.9. The van der Waals surface area contributed by atoms with E-state index in [2.05, 4.69) is 27.2 Å². The van der Waals surface area contributed by atoms with Gasteiger partial charge in [0.15, 0.2) is 0 Å². The smallest absolute Gasteiger partial charge is 0.269 e. The zero-order valence-electron chi connectivity index (χ0n) is 13.5. The molecule has 6 nitrogen and oxygen atoms in total. The highest BCUT2D eigenvalue weighted by Crippen LogP contribution is 2.38. The van der Waals surface area contributed by atoms with E-state index in [0.29, 0.717) is 18.7 Å². The minimum atomic E-state index is -0.183. The summed E-state index contributed by atoms with van der Waals surface area (Å²) in [6, 6.07) is 8.21. The Kier molecular flexibility index (Phi) is 3.90. The van der Waals surface area contributed by atoms with Crippen LogP contribution in [0.2, 0.25) is 0 Å². The summed E-state index contributed by atoms with van der Waals surface area (Å²) in [6.45, 7) is 4.63. The van der Waals surface area contributed by atoms with Crippen LogP contribution in [0.5, 0.6) is 0 Å². The molecule has 120 valence electrons. The SMILES string of the molecule is CC(=O)N(C)CC1c2ccccc2CN1c1cn[nH]c(=O)c1C. The Morgan fingerprint density at radius 2 is 2.17 bits per heavy atom. The number of fused-ring (bicyclic) bond motifs is 1. The molecule has 0 radical (unpaired) electrons. The molecule has 6 heteroatoms. The Morgan fingerprint density at radius 1 is 1.43 bits per heavy atom. The average molecular weight is 312 g/mol. The van der Waals surface area contributed by atoms with Crippen molar-refractivity contribution in [2.24, 2.45) is 0 Å². The topological polar surface area (TPSA) is 69.3 Å². The van der Waals surface area contributed by atoms with Crippen molar-refractivity contribution >= 4 is 11.6 Å². The van der Waals surface area contributed by atoms with Crippen LogP contribution < -0.4 is 10.5 Å². The van der Waals surface area contributed by atoms with Crippen LogP contribution in [0.3, 0.4) is 0 Å². The second kappa shape index (κ2) is 5.87. The first-order valence-electron chi connectivity index (χ1n) is 7.59. The Morgan fingerprint density at radius 3 is 2.91 bits per heavy atom. The quantitative estimate of drug-likeness (QED) is 0.935. The fraction of sp³-hybridized carbons (Fsp3) is 0.353. The molecule has 1 aliphatic heterocycles. The second-order valence-electron chi connectivity index (χ2n) is 5.95. The number of hydrogen-bond donors (Lipinski definition) is 1. The summed E-state index contributed by atoms with van der Waals surface area (Å²) >= 11 is 0. The first kappa shape index (κ1) is 15.3. The largest absolute Gasteiger partial charge is 0.357 e. The number of H-pyrrole nitrogens is 1. The van der Waals surface area contributed by atoms with E-state index in [0.717, 1.165) is 5.69 Å². The molecule has 1 aromatic heterocycles. The van der Waals surface area contributed by atoms with E-state index in [1.807, 2.05) is 12.1 Å². The first-order valence-corrected chi connectivity index (χ1v) is 7.59. The van der Waals surface area contributed by atoms with Crippen molar-refractivity contribution in [2.75, 3.05) is 18.5 Å². The van der Waals surface area contributed by atoms with Crippen molar-refractivity contribution < 1.29 is 4.79 Å². The first-order chi connectivity index (χ1) is 11.0. The summed E-state index contributed by atoms with van der Waals surface area (Å²) < 4.78 is 0. The number of aromatic nitrogens is 2. The summed E-state index contributed by atoms with van der Waals surface area (Å²) in [4.78, 5) is 27.4. The molecule has 0 fully saturated rings. The van der Waals surface area contributed by atoms with Crippen LogP contribution in [0, 0.1) is 6.92 Å². The van der Waals surface area contributed by atoms with Gasteiger partial charge in [-0.05, 0) is 18.1 Å².